The van der Waals surface area contributed by atoms with Gasteiger partial charge in [-0.15, -0.1) is 0 Å². The number of hydrogen-bond donors (Lipinski definition) is 1. The monoisotopic (exact) mass is 289 g/mol. The number of ether oxygens (including phenoxy) is 2. The molecule has 0 bridgehead atoms. The summed E-state index contributed by atoms with van der Waals surface area (Å²) in [6.45, 7) is 3.51. The second-order valence-corrected chi connectivity index (χ2v) is 5.16. The van der Waals surface area contributed by atoms with E-state index < -0.39 is 5.54 Å². The third kappa shape index (κ3) is 2.83. The largest absolute Gasteiger partial charge is 0.379 e. The lowest BCUT2D eigenvalue weighted by Crippen LogP contribution is -2.37. The first kappa shape index (κ1) is 14.2. The lowest BCUT2D eigenvalue weighted by molar-refractivity contribution is 0.0833. The van der Waals surface area contributed by atoms with Crippen LogP contribution < -0.4 is 5.73 Å². The van der Waals surface area contributed by atoms with Gasteiger partial charge in [0.25, 0.3) is 0 Å². The summed E-state index contributed by atoms with van der Waals surface area (Å²) in [7, 11) is 0. The van der Waals surface area contributed by atoms with E-state index in [1.807, 2.05) is 37.3 Å². The van der Waals surface area contributed by atoms with Crippen molar-refractivity contribution in [3.8, 4) is 0 Å². The third-order valence-electron chi connectivity index (χ3n) is 3.59. The summed E-state index contributed by atoms with van der Waals surface area (Å²) in [6.07, 6.45) is 0.332. The van der Waals surface area contributed by atoms with Gasteiger partial charge >= 0.3 is 0 Å². The number of rotatable bonds is 5. The molecule has 1 aromatic heterocycles. The summed E-state index contributed by atoms with van der Waals surface area (Å²) < 4.78 is 16.5. The zero-order chi connectivity index (χ0) is 14.7. The first-order valence-corrected chi connectivity index (χ1v) is 7.10. The average Bonchev–Trinajstić information content (AvgIpc) is 3.16. The average molecular weight is 289 g/mol. The topological polar surface area (TPSA) is 83.4 Å². The number of nitrogens with zero attached hydrogens (tertiary/aromatic N) is 2. The number of aromatic nitrogens is 2. The summed E-state index contributed by atoms with van der Waals surface area (Å²) in [5, 5.41) is 4.05. The minimum atomic E-state index is -0.682. The molecule has 2 unspecified atom stereocenters. The van der Waals surface area contributed by atoms with Crippen LogP contribution in [0.15, 0.2) is 34.9 Å². The maximum atomic E-state index is 6.24. The highest BCUT2D eigenvalue weighted by Crippen LogP contribution is 2.29. The molecule has 0 amide bonds. The maximum Gasteiger partial charge on any atom is 0.249 e. The maximum absolute atomic E-state index is 6.24. The quantitative estimate of drug-likeness (QED) is 0.903. The van der Waals surface area contributed by atoms with E-state index in [-0.39, 0.29) is 6.10 Å². The van der Waals surface area contributed by atoms with Gasteiger partial charge in [0.05, 0.1) is 6.61 Å². The van der Waals surface area contributed by atoms with Crippen LogP contribution in [-0.4, -0.2) is 30.0 Å². The summed E-state index contributed by atoms with van der Waals surface area (Å²) in [5.74, 6) is 0.908. The number of benzene rings is 1. The Morgan fingerprint density at radius 3 is 2.86 bits per heavy atom. The molecule has 0 spiro atoms. The molecule has 112 valence electrons. The van der Waals surface area contributed by atoms with Crippen molar-refractivity contribution in [3.05, 3.63) is 47.6 Å². The summed E-state index contributed by atoms with van der Waals surface area (Å²) in [6, 6.07) is 9.83. The van der Waals surface area contributed by atoms with Crippen LogP contribution in [0.3, 0.4) is 0 Å². The fourth-order valence-electron chi connectivity index (χ4n) is 2.41. The summed E-state index contributed by atoms with van der Waals surface area (Å²) >= 11 is 0. The number of nitrogens with two attached hydrogens (primary N) is 1. The van der Waals surface area contributed by atoms with E-state index in [4.69, 9.17) is 19.7 Å². The van der Waals surface area contributed by atoms with Gasteiger partial charge in [0, 0.05) is 13.2 Å². The van der Waals surface area contributed by atoms with Crippen molar-refractivity contribution in [2.45, 2.75) is 25.0 Å². The molecular weight excluding hydrogens is 270 g/mol. The molecule has 6 nitrogen and oxygen atoms in total. The van der Waals surface area contributed by atoms with Crippen molar-refractivity contribution < 1.29 is 14.0 Å². The molecule has 3 rings (SSSR count). The van der Waals surface area contributed by atoms with Gasteiger partial charge in [-0.1, -0.05) is 35.5 Å². The molecule has 2 N–H and O–H groups in total. The Labute approximate surface area is 123 Å². The van der Waals surface area contributed by atoms with Crippen LogP contribution in [-0.2, 0) is 15.0 Å². The van der Waals surface area contributed by atoms with Crippen molar-refractivity contribution in [1.29, 1.82) is 0 Å². The molecule has 1 aromatic carbocycles. The van der Waals surface area contributed by atoms with Gasteiger partial charge in [0.1, 0.15) is 11.6 Å². The van der Waals surface area contributed by atoms with Crippen LogP contribution in [0.4, 0.5) is 0 Å². The lowest BCUT2D eigenvalue weighted by Gasteiger charge is -2.16. The predicted octanol–water partition coefficient (Wildman–Crippen LogP) is 1.77. The van der Waals surface area contributed by atoms with Gasteiger partial charge in [-0.3, -0.25) is 0 Å². The zero-order valence-corrected chi connectivity index (χ0v) is 12.0. The van der Waals surface area contributed by atoms with Gasteiger partial charge in [-0.05, 0) is 18.9 Å². The van der Waals surface area contributed by atoms with E-state index in [0.29, 0.717) is 38.0 Å². The Bertz CT molecular complexity index is 579. The fourth-order valence-corrected chi connectivity index (χ4v) is 2.41. The molecule has 0 radical (unpaired) electrons. The minimum absolute atomic E-state index is 0.348. The molecule has 1 saturated heterocycles. The fraction of sp³-hybridized carbons (Fsp3) is 0.467. The van der Waals surface area contributed by atoms with E-state index in [0.717, 1.165) is 5.56 Å². The van der Waals surface area contributed by atoms with Crippen LogP contribution in [0.2, 0.25) is 0 Å². The van der Waals surface area contributed by atoms with E-state index in [1.165, 1.54) is 0 Å². The van der Waals surface area contributed by atoms with E-state index >= 15 is 0 Å². The molecule has 1 aliphatic rings. The zero-order valence-electron chi connectivity index (χ0n) is 12.0. The lowest BCUT2D eigenvalue weighted by atomic mass is 10.0. The SMILES string of the molecule is CCOC(c1ccccc1)c1noc(C2(N)CCOC2)n1. The van der Waals surface area contributed by atoms with Gasteiger partial charge < -0.3 is 19.7 Å². The summed E-state index contributed by atoms with van der Waals surface area (Å²) in [5.41, 5.74) is 6.55. The molecule has 6 heteroatoms. The Morgan fingerprint density at radius 2 is 2.19 bits per heavy atom. The first-order valence-electron chi connectivity index (χ1n) is 7.10. The van der Waals surface area contributed by atoms with Gasteiger partial charge in [-0.25, -0.2) is 0 Å². The number of hydrogen-bond acceptors (Lipinski definition) is 6. The standard InChI is InChI=1S/C15H19N3O3/c1-2-20-12(11-6-4-3-5-7-11)13-17-14(21-18-13)15(16)8-9-19-10-15/h3-7,12H,2,8-10,16H2,1H3. The van der Waals surface area contributed by atoms with Crippen molar-refractivity contribution >= 4 is 0 Å². The van der Waals surface area contributed by atoms with E-state index in [1.54, 1.807) is 0 Å². The molecule has 2 heterocycles. The second-order valence-electron chi connectivity index (χ2n) is 5.16. The van der Waals surface area contributed by atoms with Crippen molar-refractivity contribution in [2.24, 2.45) is 5.73 Å². The highest BCUT2D eigenvalue weighted by Gasteiger charge is 2.38. The Kier molecular flexibility index (Phi) is 4.01. The molecule has 21 heavy (non-hydrogen) atoms. The van der Waals surface area contributed by atoms with Crippen molar-refractivity contribution in [2.75, 3.05) is 19.8 Å². The molecular formula is C15H19N3O3. The van der Waals surface area contributed by atoms with Gasteiger partial charge in [0.15, 0.2) is 0 Å². The third-order valence-corrected chi connectivity index (χ3v) is 3.59. The molecule has 0 aliphatic carbocycles. The minimum Gasteiger partial charge on any atom is -0.379 e. The highest BCUT2D eigenvalue weighted by atomic mass is 16.5. The van der Waals surface area contributed by atoms with Crippen LogP contribution in [0.5, 0.6) is 0 Å². The van der Waals surface area contributed by atoms with Crippen LogP contribution >= 0.6 is 0 Å². The van der Waals surface area contributed by atoms with Crippen LogP contribution in [0.25, 0.3) is 0 Å². The van der Waals surface area contributed by atoms with Gasteiger partial charge in [0.2, 0.25) is 11.7 Å². The smallest absolute Gasteiger partial charge is 0.249 e. The van der Waals surface area contributed by atoms with Gasteiger partial charge in [-0.2, -0.15) is 4.98 Å². The molecule has 1 aliphatic heterocycles. The second kappa shape index (κ2) is 5.93. The Morgan fingerprint density at radius 1 is 1.38 bits per heavy atom. The normalized spacial score (nSPS) is 23.3. The van der Waals surface area contributed by atoms with E-state index in [2.05, 4.69) is 10.1 Å². The highest BCUT2D eigenvalue weighted by molar-refractivity contribution is 5.23. The first-order chi connectivity index (χ1) is 10.2. The van der Waals surface area contributed by atoms with Crippen LogP contribution in [0, 0.1) is 0 Å². The predicted molar refractivity (Wildman–Crippen MR) is 75.5 cm³/mol. The van der Waals surface area contributed by atoms with E-state index in [9.17, 15) is 0 Å². The van der Waals surface area contributed by atoms with Crippen molar-refractivity contribution in [1.82, 2.24) is 10.1 Å². The molecule has 1 fully saturated rings. The Balaban J connectivity index is 1.89. The Hall–Kier alpha value is -1.76. The van der Waals surface area contributed by atoms with Crippen LogP contribution in [0.1, 0.15) is 36.7 Å². The molecule has 0 saturated carbocycles. The molecule has 2 aromatic rings. The van der Waals surface area contributed by atoms with Crippen molar-refractivity contribution in [3.63, 3.8) is 0 Å². The molecule has 2 atom stereocenters. The summed E-state index contributed by atoms with van der Waals surface area (Å²) in [4.78, 5) is 4.45.